The number of unbranched alkanes of at least 4 members (excludes halogenated alkanes) is 2. The van der Waals surface area contributed by atoms with Gasteiger partial charge in [-0.1, -0.05) is 112 Å². The number of pyridine rings is 1. The van der Waals surface area contributed by atoms with Crippen molar-refractivity contribution in [3.05, 3.63) is 84.3 Å². The SMILES string of the molecule is C=C(Nc1ccc(C)cc1)Nc1cnc2ccc(-c3ccc(PC)c(C)c3)nc2n1.CC.CCCC.CCCC. The third-order valence-corrected chi connectivity index (χ3v) is 6.92. The van der Waals surface area contributed by atoms with Gasteiger partial charge in [-0.05, 0) is 61.7 Å². The number of nitrogens with zero attached hydrogens (tertiary/aromatic N) is 3. The molecule has 2 aromatic carbocycles. The van der Waals surface area contributed by atoms with E-state index in [2.05, 4.69) is 93.6 Å². The lowest BCUT2D eigenvalue weighted by Crippen LogP contribution is -2.09. The second-order valence-electron chi connectivity index (χ2n) is 9.17. The summed E-state index contributed by atoms with van der Waals surface area (Å²) in [4.78, 5) is 13.8. The Labute approximate surface area is 245 Å². The molecule has 40 heavy (non-hydrogen) atoms. The number of aryl methyl sites for hydroxylation is 2. The van der Waals surface area contributed by atoms with E-state index in [0.717, 1.165) is 31.0 Å². The summed E-state index contributed by atoms with van der Waals surface area (Å²) >= 11 is 0. The predicted octanol–water partition coefficient (Wildman–Crippen LogP) is 9.88. The summed E-state index contributed by atoms with van der Waals surface area (Å²) in [6, 6.07) is 18.5. The second-order valence-corrected chi connectivity index (χ2v) is 10.2. The Kier molecular flexibility index (Phi) is 17.1. The van der Waals surface area contributed by atoms with Gasteiger partial charge in [-0.3, -0.25) is 0 Å². The molecule has 0 aliphatic rings. The molecule has 0 radical (unpaired) electrons. The maximum Gasteiger partial charge on any atom is 0.180 e. The van der Waals surface area contributed by atoms with E-state index in [1.165, 1.54) is 42.1 Å². The first-order valence-corrected chi connectivity index (χ1v) is 16.1. The molecule has 6 heteroatoms. The van der Waals surface area contributed by atoms with Crippen molar-refractivity contribution >= 4 is 36.6 Å². The molecule has 5 nitrogen and oxygen atoms in total. The van der Waals surface area contributed by atoms with E-state index in [1.807, 2.05) is 50.2 Å². The molecule has 2 heterocycles. The molecule has 1 atom stereocenters. The number of anilines is 2. The van der Waals surface area contributed by atoms with Gasteiger partial charge in [-0.15, -0.1) is 0 Å². The minimum Gasteiger partial charge on any atom is -0.342 e. The van der Waals surface area contributed by atoms with Gasteiger partial charge in [-0.2, -0.15) is 0 Å². The second kappa shape index (κ2) is 19.7. The van der Waals surface area contributed by atoms with Gasteiger partial charge in [0, 0.05) is 11.3 Å². The van der Waals surface area contributed by atoms with Crippen LogP contribution in [0.5, 0.6) is 0 Å². The van der Waals surface area contributed by atoms with Crippen LogP contribution in [0.3, 0.4) is 0 Å². The van der Waals surface area contributed by atoms with Crippen molar-refractivity contribution in [3.8, 4) is 11.3 Å². The Morgan fingerprint density at radius 1 is 0.800 bits per heavy atom. The molecule has 2 N–H and O–H groups in total. The van der Waals surface area contributed by atoms with E-state index in [0.29, 0.717) is 17.3 Å². The number of rotatable bonds is 8. The van der Waals surface area contributed by atoms with Crippen molar-refractivity contribution < 1.29 is 0 Å². The molecule has 216 valence electrons. The maximum absolute atomic E-state index is 4.74. The Bertz CT molecular complexity index is 1280. The van der Waals surface area contributed by atoms with Crippen molar-refractivity contribution in [2.24, 2.45) is 0 Å². The lowest BCUT2D eigenvalue weighted by atomic mass is 10.1. The topological polar surface area (TPSA) is 62.7 Å². The molecule has 0 saturated heterocycles. The van der Waals surface area contributed by atoms with E-state index in [1.54, 1.807) is 6.20 Å². The lowest BCUT2D eigenvalue weighted by molar-refractivity contribution is 0.886. The van der Waals surface area contributed by atoms with Crippen LogP contribution in [0.1, 0.15) is 78.4 Å². The Morgan fingerprint density at radius 2 is 1.43 bits per heavy atom. The molecule has 0 amide bonds. The third-order valence-electron chi connectivity index (χ3n) is 5.82. The molecule has 0 spiro atoms. The van der Waals surface area contributed by atoms with Gasteiger partial charge in [0.05, 0.1) is 11.9 Å². The fourth-order valence-corrected chi connectivity index (χ4v) is 3.94. The van der Waals surface area contributed by atoms with Crippen LogP contribution >= 0.6 is 8.58 Å². The summed E-state index contributed by atoms with van der Waals surface area (Å²) in [7, 11) is 0.786. The fourth-order valence-electron chi connectivity index (χ4n) is 3.22. The van der Waals surface area contributed by atoms with E-state index >= 15 is 0 Å². The molecule has 4 aromatic rings. The quantitative estimate of drug-likeness (QED) is 0.210. The number of fused-ring (bicyclic) bond motifs is 1. The molecule has 0 saturated carbocycles. The highest BCUT2D eigenvalue weighted by Crippen LogP contribution is 2.22. The van der Waals surface area contributed by atoms with Gasteiger partial charge in [0.2, 0.25) is 0 Å². The molecule has 0 fully saturated rings. The van der Waals surface area contributed by atoms with E-state index in [9.17, 15) is 0 Å². The molecular formula is C34H50N5P. The van der Waals surface area contributed by atoms with Crippen molar-refractivity contribution in [2.45, 2.75) is 81.1 Å². The van der Waals surface area contributed by atoms with Gasteiger partial charge in [0.15, 0.2) is 11.5 Å². The highest BCUT2D eigenvalue weighted by molar-refractivity contribution is 7.46. The van der Waals surface area contributed by atoms with E-state index in [-0.39, 0.29) is 0 Å². The zero-order valence-electron chi connectivity index (χ0n) is 26.2. The standard InChI is InChI=1S/C24H24N5P.2C4H10.C2H6/c1-15-5-8-19(9-6-15)26-17(3)27-23-14-25-21-11-10-20(28-24(21)29-23)18-7-12-22(30-4)16(2)13-18;2*1-3-4-2;1-2/h5-14,26,30H,3H2,1-2,4H3,(H,27,28,29);2*3-4H2,1-2H3;1-2H3. The summed E-state index contributed by atoms with van der Waals surface area (Å²) in [6.07, 6.45) is 6.97. The fraction of sp³-hybridized carbons (Fsp3) is 0.382. The summed E-state index contributed by atoms with van der Waals surface area (Å²) in [5, 5.41) is 7.77. The minimum absolute atomic E-state index is 0.593. The average Bonchev–Trinajstić information content (AvgIpc) is 2.99. The maximum atomic E-state index is 4.74. The van der Waals surface area contributed by atoms with Gasteiger partial charge in [0.1, 0.15) is 11.3 Å². The van der Waals surface area contributed by atoms with Crippen LogP contribution in [-0.4, -0.2) is 21.6 Å². The van der Waals surface area contributed by atoms with Crippen molar-refractivity contribution in [2.75, 3.05) is 17.3 Å². The van der Waals surface area contributed by atoms with E-state index < -0.39 is 0 Å². The van der Waals surface area contributed by atoms with E-state index in [4.69, 9.17) is 4.98 Å². The van der Waals surface area contributed by atoms with Gasteiger partial charge in [0.25, 0.3) is 0 Å². The monoisotopic (exact) mass is 559 g/mol. The number of benzene rings is 2. The van der Waals surface area contributed by atoms with Crippen molar-refractivity contribution in [3.63, 3.8) is 0 Å². The first-order chi connectivity index (χ1) is 19.3. The van der Waals surface area contributed by atoms with Crippen molar-refractivity contribution in [1.29, 1.82) is 0 Å². The van der Waals surface area contributed by atoms with Gasteiger partial charge < -0.3 is 10.6 Å². The third kappa shape index (κ3) is 11.8. The molecule has 2 aromatic heterocycles. The molecule has 4 rings (SSSR count). The number of hydrogen-bond donors (Lipinski definition) is 2. The van der Waals surface area contributed by atoms with Crippen LogP contribution in [0, 0.1) is 13.8 Å². The lowest BCUT2D eigenvalue weighted by Gasteiger charge is -2.12. The molecule has 0 aliphatic heterocycles. The molecule has 0 aliphatic carbocycles. The largest absolute Gasteiger partial charge is 0.342 e. The highest BCUT2D eigenvalue weighted by Gasteiger charge is 2.07. The average molecular weight is 560 g/mol. The van der Waals surface area contributed by atoms with Crippen molar-refractivity contribution in [1.82, 2.24) is 15.0 Å². The van der Waals surface area contributed by atoms with Crippen LogP contribution in [0.2, 0.25) is 0 Å². The summed E-state index contributed by atoms with van der Waals surface area (Å²) in [5.74, 6) is 1.21. The smallest absolute Gasteiger partial charge is 0.180 e. The summed E-state index contributed by atoms with van der Waals surface area (Å²) in [5.41, 5.74) is 6.78. The Hall–Kier alpha value is -3.30. The van der Waals surface area contributed by atoms with Crippen LogP contribution in [-0.2, 0) is 0 Å². The first-order valence-electron chi connectivity index (χ1n) is 14.6. The molecule has 1 unspecified atom stereocenters. The van der Waals surface area contributed by atoms with Crippen LogP contribution in [0.25, 0.3) is 22.4 Å². The summed E-state index contributed by atoms with van der Waals surface area (Å²) in [6.45, 7) is 23.1. The van der Waals surface area contributed by atoms with Gasteiger partial charge >= 0.3 is 0 Å². The zero-order valence-corrected chi connectivity index (χ0v) is 27.2. The highest BCUT2D eigenvalue weighted by atomic mass is 31.1. The number of nitrogens with one attached hydrogen (secondary N) is 2. The predicted molar refractivity (Wildman–Crippen MR) is 181 cm³/mol. The van der Waals surface area contributed by atoms with Crippen LogP contribution in [0.4, 0.5) is 11.5 Å². The van der Waals surface area contributed by atoms with Crippen LogP contribution < -0.4 is 15.9 Å². The minimum atomic E-state index is 0.593. The van der Waals surface area contributed by atoms with Crippen LogP contribution in [0.15, 0.2) is 73.2 Å². The Morgan fingerprint density at radius 3 is 1.98 bits per heavy atom. The zero-order chi connectivity index (χ0) is 29.9. The molecular weight excluding hydrogens is 509 g/mol. The summed E-state index contributed by atoms with van der Waals surface area (Å²) < 4.78 is 0. The van der Waals surface area contributed by atoms with Gasteiger partial charge in [-0.25, -0.2) is 15.0 Å². The Balaban J connectivity index is 0.000000699. The molecule has 0 bridgehead atoms. The first kappa shape index (κ1) is 34.7. The number of hydrogen-bond acceptors (Lipinski definition) is 5. The number of aromatic nitrogens is 3. The normalized spacial score (nSPS) is 10.0.